The molecule has 0 spiro atoms. The van der Waals surface area contributed by atoms with Crippen LogP contribution in [0, 0.1) is 0 Å². The largest absolute Gasteiger partial charge is 0.497 e. The van der Waals surface area contributed by atoms with Crippen LogP contribution < -0.4 is 20.1 Å². The van der Waals surface area contributed by atoms with Gasteiger partial charge < -0.3 is 20.1 Å². The Morgan fingerprint density at radius 2 is 1.30 bits per heavy atom. The van der Waals surface area contributed by atoms with E-state index in [0.29, 0.717) is 6.54 Å². The molecule has 1 aromatic heterocycles. The predicted octanol–water partition coefficient (Wildman–Crippen LogP) is 7.91. The van der Waals surface area contributed by atoms with Gasteiger partial charge in [0.05, 0.1) is 32.0 Å². The van der Waals surface area contributed by atoms with Crippen LogP contribution in [-0.4, -0.2) is 19.2 Å². The van der Waals surface area contributed by atoms with Crippen molar-refractivity contribution in [2.75, 3.05) is 24.9 Å². The maximum Gasteiger partial charge on any atom is 0.124 e. The zero-order valence-corrected chi connectivity index (χ0v) is 20.8. The Balaban J connectivity index is 1.44. The first-order chi connectivity index (χ1) is 18.2. The van der Waals surface area contributed by atoms with Crippen LogP contribution in [0.2, 0.25) is 0 Å². The summed E-state index contributed by atoms with van der Waals surface area (Å²) in [5.74, 6) is 1.45. The van der Waals surface area contributed by atoms with E-state index in [-0.39, 0.29) is 0 Å². The summed E-state index contributed by atoms with van der Waals surface area (Å²) in [7, 11) is 3.31. The van der Waals surface area contributed by atoms with Gasteiger partial charge in [-0.3, -0.25) is 4.98 Å². The third-order valence-electron chi connectivity index (χ3n) is 6.64. The first-order valence-electron chi connectivity index (χ1n) is 12.2. The molecule has 5 heteroatoms. The average Bonchev–Trinajstić information content (AvgIpc) is 2.95. The van der Waals surface area contributed by atoms with Gasteiger partial charge in [-0.1, -0.05) is 72.8 Å². The molecule has 0 saturated heterocycles. The van der Waals surface area contributed by atoms with Gasteiger partial charge in [0.1, 0.15) is 11.5 Å². The number of aromatic nitrogens is 1. The minimum absolute atomic E-state index is 0.587. The highest BCUT2D eigenvalue weighted by Crippen LogP contribution is 2.34. The molecule has 1 heterocycles. The molecule has 2 N–H and O–H groups in total. The second kappa shape index (κ2) is 9.70. The van der Waals surface area contributed by atoms with Crippen LogP contribution in [-0.2, 0) is 6.54 Å². The third kappa shape index (κ3) is 4.47. The monoisotopic (exact) mass is 485 g/mol. The molecule has 6 rings (SSSR count). The Bertz CT molecular complexity index is 1720. The normalized spacial score (nSPS) is 11.1. The van der Waals surface area contributed by atoms with E-state index in [1.54, 1.807) is 14.2 Å². The number of fused-ring (bicyclic) bond motifs is 4. The van der Waals surface area contributed by atoms with Gasteiger partial charge in [0.15, 0.2) is 0 Å². The van der Waals surface area contributed by atoms with Crippen LogP contribution in [0.5, 0.6) is 11.5 Å². The summed E-state index contributed by atoms with van der Waals surface area (Å²) in [5, 5.41) is 13.0. The quantitative estimate of drug-likeness (QED) is 0.225. The van der Waals surface area contributed by atoms with E-state index in [1.165, 1.54) is 10.8 Å². The Morgan fingerprint density at radius 3 is 2.05 bits per heavy atom. The van der Waals surface area contributed by atoms with E-state index in [1.807, 2.05) is 18.2 Å². The summed E-state index contributed by atoms with van der Waals surface area (Å²) in [4.78, 5) is 5.12. The van der Waals surface area contributed by atoms with Crippen molar-refractivity contribution in [3.05, 3.63) is 109 Å². The van der Waals surface area contributed by atoms with Crippen molar-refractivity contribution in [3.8, 4) is 11.5 Å². The first-order valence-corrected chi connectivity index (χ1v) is 12.2. The van der Waals surface area contributed by atoms with Crippen molar-refractivity contribution in [1.29, 1.82) is 0 Å². The molecule has 37 heavy (non-hydrogen) atoms. The number of anilines is 3. The molecular weight excluding hydrogens is 458 g/mol. The summed E-state index contributed by atoms with van der Waals surface area (Å²) in [6.45, 7) is 0.587. The van der Waals surface area contributed by atoms with Gasteiger partial charge >= 0.3 is 0 Å². The van der Waals surface area contributed by atoms with Crippen LogP contribution in [0.3, 0.4) is 0 Å². The Morgan fingerprint density at radius 1 is 0.622 bits per heavy atom. The lowest BCUT2D eigenvalue weighted by Crippen LogP contribution is -2.04. The van der Waals surface area contributed by atoms with Gasteiger partial charge in [-0.25, -0.2) is 0 Å². The fourth-order valence-corrected chi connectivity index (χ4v) is 4.81. The number of pyridine rings is 1. The minimum Gasteiger partial charge on any atom is -0.497 e. The molecule has 0 fully saturated rings. The number of benzene rings is 5. The van der Waals surface area contributed by atoms with Gasteiger partial charge in [0, 0.05) is 51.4 Å². The molecule has 0 amide bonds. The lowest BCUT2D eigenvalue weighted by atomic mass is 10.0. The van der Waals surface area contributed by atoms with Gasteiger partial charge in [0.25, 0.3) is 0 Å². The van der Waals surface area contributed by atoms with Gasteiger partial charge in [-0.05, 0) is 22.9 Å². The number of ether oxygens (including phenoxy) is 2. The van der Waals surface area contributed by atoms with Crippen LogP contribution >= 0.6 is 0 Å². The van der Waals surface area contributed by atoms with E-state index in [0.717, 1.165) is 55.9 Å². The highest BCUT2D eigenvalue weighted by molar-refractivity contribution is 6.09. The van der Waals surface area contributed by atoms with Crippen LogP contribution in [0.1, 0.15) is 5.69 Å². The SMILES string of the molecule is COc1cc(Nc2cc(CNc3cccc4ccccc34)nc3c2ccc2ccccc23)cc(OC)c1. The molecule has 0 saturated carbocycles. The highest BCUT2D eigenvalue weighted by atomic mass is 16.5. The number of nitrogens with one attached hydrogen (secondary N) is 2. The maximum atomic E-state index is 5.48. The summed E-state index contributed by atoms with van der Waals surface area (Å²) < 4.78 is 11.0. The molecule has 0 aliphatic rings. The van der Waals surface area contributed by atoms with Crippen molar-refractivity contribution >= 4 is 49.5 Å². The number of hydrogen-bond acceptors (Lipinski definition) is 5. The maximum absolute atomic E-state index is 5.48. The lowest BCUT2D eigenvalue weighted by molar-refractivity contribution is 0.395. The Hall–Kier alpha value is -4.77. The predicted molar refractivity (Wildman–Crippen MR) is 153 cm³/mol. The van der Waals surface area contributed by atoms with Crippen molar-refractivity contribution in [2.24, 2.45) is 0 Å². The second-order valence-electron chi connectivity index (χ2n) is 8.95. The van der Waals surface area contributed by atoms with Crippen LogP contribution in [0.25, 0.3) is 32.4 Å². The summed E-state index contributed by atoms with van der Waals surface area (Å²) in [5.41, 5.74) is 4.84. The van der Waals surface area contributed by atoms with Crippen molar-refractivity contribution in [3.63, 3.8) is 0 Å². The zero-order valence-electron chi connectivity index (χ0n) is 20.8. The molecule has 182 valence electrons. The fourth-order valence-electron chi connectivity index (χ4n) is 4.81. The lowest BCUT2D eigenvalue weighted by Gasteiger charge is -2.16. The van der Waals surface area contributed by atoms with E-state index in [2.05, 4.69) is 95.6 Å². The summed E-state index contributed by atoms with van der Waals surface area (Å²) in [6.07, 6.45) is 0. The number of rotatable bonds is 7. The molecule has 5 aromatic carbocycles. The van der Waals surface area contributed by atoms with Crippen molar-refractivity contribution in [1.82, 2.24) is 4.98 Å². The highest BCUT2D eigenvalue weighted by Gasteiger charge is 2.12. The molecule has 0 bridgehead atoms. The van der Waals surface area contributed by atoms with Gasteiger partial charge in [0.2, 0.25) is 0 Å². The van der Waals surface area contributed by atoms with Gasteiger partial charge in [-0.15, -0.1) is 0 Å². The standard InChI is InChI=1S/C32H27N3O2/c1-36-25-16-23(17-26(19-25)37-2)34-31-18-24(20-33-30-13-7-10-21-8-3-5-11-27(21)30)35-32-28-12-6-4-9-22(28)14-15-29(31)32/h3-19,33H,20H2,1-2H3,(H,34,35). The van der Waals surface area contributed by atoms with Crippen molar-refractivity contribution < 1.29 is 9.47 Å². The Kier molecular flexibility index (Phi) is 5.95. The number of hydrogen-bond donors (Lipinski definition) is 2. The van der Waals surface area contributed by atoms with E-state index >= 15 is 0 Å². The van der Waals surface area contributed by atoms with Gasteiger partial charge in [-0.2, -0.15) is 0 Å². The van der Waals surface area contributed by atoms with Crippen LogP contribution in [0.15, 0.2) is 103 Å². The molecule has 6 aromatic rings. The van der Waals surface area contributed by atoms with E-state index in [9.17, 15) is 0 Å². The minimum atomic E-state index is 0.587. The van der Waals surface area contributed by atoms with E-state index < -0.39 is 0 Å². The zero-order chi connectivity index (χ0) is 25.2. The molecular formula is C32H27N3O2. The second-order valence-corrected chi connectivity index (χ2v) is 8.95. The smallest absolute Gasteiger partial charge is 0.124 e. The molecule has 0 atom stereocenters. The van der Waals surface area contributed by atoms with Crippen LogP contribution in [0.4, 0.5) is 17.1 Å². The fraction of sp³-hybridized carbons (Fsp3) is 0.0938. The average molecular weight is 486 g/mol. The van der Waals surface area contributed by atoms with Crippen molar-refractivity contribution in [2.45, 2.75) is 6.54 Å². The molecule has 0 unspecified atom stereocenters. The topological polar surface area (TPSA) is 55.4 Å². The number of methoxy groups -OCH3 is 2. The Labute approximate surface area is 215 Å². The summed E-state index contributed by atoms with van der Waals surface area (Å²) in [6, 6.07) is 35.3. The number of nitrogens with zero attached hydrogens (tertiary/aromatic N) is 1. The summed E-state index contributed by atoms with van der Waals surface area (Å²) >= 11 is 0. The third-order valence-corrected chi connectivity index (χ3v) is 6.64. The molecule has 0 radical (unpaired) electrons. The first kappa shape index (κ1) is 22.7. The molecule has 5 nitrogen and oxygen atoms in total. The van der Waals surface area contributed by atoms with E-state index in [4.69, 9.17) is 14.5 Å². The molecule has 0 aliphatic heterocycles. The molecule has 0 aliphatic carbocycles.